The van der Waals surface area contributed by atoms with Gasteiger partial charge in [-0.3, -0.25) is 9.59 Å². The number of methoxy groups -OCH3 is 1. The zero-order valence-corrected chi connectivity index (χ0v) is 20.6. The van der Waals surface area contributed by atoms with Crippen molar-refractivity contribution in [1.29, 1.82) is 0 Å². The van der Waals surface area contributed by atoms with Crippen LogP contribution >= 0.6 is 0 Å². The third kappa shape index (κ3) is 5.43. The van der Waals surface area contributed by atoms with E-state index < -0.39 is 17.7 Å². The van der Waals surface area contributed by atoms with Gasteiger partial charge in [0, 0.05) is 12.1 Å². The van der Waals surface area contributed by atoms with Gasteiger partial charge in [0.25, 0.3) is 11.7 Å². The predicted molar refractivity (Wildman–Crippen MR) is 139 cm³/mol. The summed E-state index contributed by atoms with van der Waals surface area (Å²) in [6, 6.07) is 23.3. The summed E-state index contributed by atoms with van der Waals surface area (Å²) < 4.78 is 11.1. The number of hydrogen-bond acceptors (Lipinski definition) is 5. The maximum atomic E-state index is 13.3. The monoisotopic (exact) mass is 485 g/mol. The van der Waals surface area contributed by atoms with Crippen molar-refractivity contribution >= 4 is 17.4 Å². The first-order valence-corrected chi connectivity index (χ1v) is 12.2. The van der Waals surface area contributed by atoms with E-state index in [0.29, 0.717) is 42.2 Å². The van der Waals surface area contributed by atoms with Crippen molar-refractivity contribution in [2.75, 3.05) is 20.3 Å². The highest BCUT2D eigenvalue weighted by Crippen LogP contribution is 2.40. The van der Waals surface area contributed by atoms with Crippen LogP contribution in [0, 0.1) is 0 Å². The average molecular weight is 486 g/mol. The third-order valence-corrected chi connectivity index (χ3v) is 6.33. The second-order valence-corrected chi connectivity index (χ2v) is 8.73. The number of rotatable bonds is 10. The number of hydrogen-bond donors (Lipinski definition) is 1. The lowest BCUT2D eigenvalue weighted by molar-refractivity contribution is -0.139. The molecule has 4 rings (SSSR count). The molecule has 0 saturated carbocycles. The predicted octanol–water partition coefficient (Wildman–Crippen LogP) is 5.54. The lowest BCUT2D eigenvalue weighted by atomic mass is 9.95. The molecule has 1 N–H and O–H groups in total. The molecule has 36 heavy (non-hydrogen) atoms. The van der Waals surface area contributed by atoms with Crippen molar-refractivity contribution in [2.45, 2.75) is 32.2 Å². The molecule has 0 aromatic heterocycles. The Balaban J connectivity index is 1.75. The molecule has 6 heteroatoms. The maximum absolute atomic E-state index is 13.3. The second-order valence-electron chi connectivity index (χ2n) is 8.73. The van der Waals surface area contributed by atoms with Gasteiger partial charge in [-0.05, 0) is 60.4 Å². The van der Waals surface area contributed by atoms with Gasteiger partial charge in [0.1, 0.15) is 17.3 Å². The van der Waals surface area contributed by atoms with Crippen LogP contribution in [-0.2, 0) is 16.0 Å². The summed E-state index contributed by atoms with van der Waals surface area (Å²) >= 11 is 0. The lowest BCUT2D eigenvalue weighted by Gasteiger charge is -2.26. The van der Waals surface area contributed by atoms with Gasteiger partial charge in [0.05, 0.1) is 25.3 Å². The molecule has 1 aliphatic heterocycles. The fourth-order valence-corrected chi connectivity index (χ4v) is 4.36. The first kappa shape index (κ1) is 25.0. The molecule has 1 atom stereocenters. The number of amides is 1. The zero-order valence-electron chi connectivity index (χ0n) is 20.6. The molecule has 1 aliphatic rings. The van der Waals surface area contributed by atoms with E-state index in [1.807, 2.05) is 54.6 Å². The number of carbonyl (C=O) groups is 2. The average Bonchev–Trinajstić information content (AvgIpc) is 3.17. The largest absolute Gasteiger partial charge is 0.507 e. The van der Waals surface area contributed by atoms with Crippen LogP contribution in [0.2, 0.25) is 0 Å². The summed E-state index contributed by atoms with van der Waals surface area (Å²) in [6.45, 7) is 3.01. The van der Waals surface area contributed by atoms with Crippen molar-refractivity contribution in [2.24, 2.45) is 0 Å². The smallest absolute Gasteiger partial charge is 0.295 e. The fourth-order valence-electron chi connectivity index (χ4n) is 4.36. The molecule has 0 spiro atoms. The Bertz CT molecular complexity index is 1230. The van der Waals surface area contributed by atoms with E-state index in [4.69, 9.17) is 9.47 Å². The molecule has 0 bridgehead atoms. The van der Waals surface area contributed by atoms with Gasteiger partial charge in [-0.1, -0.05) is 55.8 Å². The first-order chi connectivity index (χ1) is 17.5. The van der Waals surface area contributed by atoms with Crippen LogP contribution in [0.25, 0.3) is 5.76 Å². The van der Waals surface area contributed by atoms with E-state index in [1.165, 1.54) is 0 Å². The van der Waals surface area contributed by atoms with Crippen LogP contribution in [0.15, 0.2) is 84.4 Å². The van der Waals surface area contributed by atoms with Gasteiger partial charge >= 0.3 is 0 Å². The molecule has 6 nitrogen and oxygen atoms in total. The van der Waals surface area contributed by atoms with E-state index in [1.54, 1.807) is 36.3 Å². The Morgan fingerprint density at radius 3 is 2.39 bits per heavy atom. The number of aliphatic hydroxyl groups is 1. The number of likely N-dealkylation sites (tertiary alicyclic amines) is 1. The minimum atomic E-state index is -0.731. The van der Waals surface area contributed by atoms with E-state index >= 15 is 0 Å². The summed E-state index contributed by atoms with van der Waals surface area (Å²) in [7, 11) is 1.56. The number of benzene rings is 3. The highest BCUT2D eigenvalue weighted by Gasteiger charge is 2.46. The SMILES string of the molecule is CCCCOc1cccc(C2/C(=C(\O)c3ccc(OC)cc3)C(=O)C(=O)N2CCc2ccccc2)c1. The molecule has 1 fully saturated rings. The molecule has 0 radical (unpaired) electrons. The topological polar surface area (TPSA) is 76.1 Å². The molecular formula is C30H31NO5. The molecule has 1 unspecified atom stereocenters. The minimum Gasteiger partial charge on any atom is -0.507 e. The number of carbonyl (C=O) groups excluding carboxylic acids is 2. The van der Waals surface area contributed by atoms with Crippen LogP contribution in [0.4, 0.5) is 0 Å². The van der Waals surface area contributed by atoms with E-state index in [0.717, 1.165) is 18.4 Å². The van der Waals surface area contributed by atoms with Crippen LogP contribution in [0.1, 0.15) is 42.5 Å². The maximum Gasteiger partial charge on any atom is 0.295 e. The van der Waals surface area contributed by atoms with Crippen LogP contribution < -0.4 is 9.47 Å². The van der Waals surface area contributed by atoms with E-state index in [9.17, 15) is 14.7 Å². The summed E-state index contributed by atoms with van der Waals surface area (Å²) in [5.74, 6) is -0.232. The molecular weight excluding hydrogens is 454 g/mol. The molecule has 186 valence electrons. The summed E-state index contributed by atoms with van der Waals surface area (Å²) in [5.41, 5.74) is 2.29. The van der Waals surface area contributed by atoms with Gasteiger partial charge in [-0.2, -0.15) is 0 Å². The Labute approximate surface area is 211 Å². The van der Waals surface area contributed by atoms with Crippen LogP contribution in [0.3, 0.4) is 0 Å². The van der Waals surface area contributed by atoms with E-state index in [-0.39, 0.29) is 11.3 Å². The van der Waals surface area contributed by atoms with Gasteiger partial charge in [-0.15, -0.1) is 0 Å². The molecule has 1 heterocycles. The standard InChI is InChI=1S/C30H31NO5/c1-3-4-19-36-25-12-8-11-23(20-25)27-26(28(32)22-13-15-24(35-2)16-14-22)29(33)30(34)31(27)18-17-21-9-6-5-7-10-21/h5-16,20,27,32H,3-4,17-19H2,1-2H3/b28-26+. The first-order valence-electron chi connectivity index (χ1n) is 12.2. The van der Waals surface area contributed by atoms with Crippen molar-refractivity contribution in [3.8, 4) is 11.5 Å². The van der Waals surface area contributed by atoms with Gasteiger partial charge in [0.15, 0.2) is 0 Å². The Morgan fingerprint density at radius 2 is 1.69 bits per heavy atom. The Morgan fingerprint density at radius 1 is 0.944 bits per heavy atom. The molecule has 3 aromatic rings. The Kier molecular flexibility index (Phi) is 8.06. The number of ketones is 1. The van der Waals surface area contributed by atoms with Crippen molar-refractivity contribution in [3.05, 3.63) is 101 Å². The highest BCUT2D eigenvalue weighted by atomic mass is 16.5. The number of Topliss-reactive ketones (excluding diaryl/α,β-unsaturated/α-hetero) is 1. The third-order valence-electron chi connectivity index (χ3n) is 6.33. The highest BCUT2D eigenvalue weighted by molar-refractivity contribution is 6.46. The number of ether oxygens (including phenoxy) is 2. The van der Waals surface area contributed by atoms with Crippen molar-refractivity contribution in [1.82, 2.24) is 4.90 Å². The van der Waals surface area contributed by atoms with Gasteiger partial charge < -0.3 is 19.5 Å². The normalized spacial score (nSPS) is 16.8. The van der Waals surface area contributed by atoms with Gasteiger partial charge in [0.2, 0.25) is 0 Å². The number of nitrogens with zero attached hydrogens (tertiary/aromatic N) is 1. The molecule has 1 amide bonds. The zero-order chi connectivity index (χ0) is 25.5. The molecule has 0 aliphatic carbocycles. The second kappa shape index (κ2) is 11.6. The Hall–Kier alpha value is -4.06. The van der Waals surface area contributed by atoms with Crippen LogP contribution in [-0.4, -0.2) is 42.0 Å². The van der Waals surface area contributed by atoms with Crippen LogP contribution in [0.5, 0.6) is 11.5 Å². The quantitative estimate of drug-likeness (QED) is 0.177. The number of aliphatic hydroxyl groups excluding tert-OH is 1. The fraction of sp³-hybridized carbons (Fsp3) is 0.267. The van der Waals surface area contributed by atoms with Crippen molar-refractivity contribution in [3.63, 3.8) is 0 Å². The minimum absolute atomic E-state index is 0.0731. The van der Waals surface area contributed by atoms with E-state index in [2.05, 4.69) is 6.92 Å². The summed E-state index contributed by atoms with van der Waals surface area (Å²) in [6.07, 6.45) is 2.53. The van der Waals surface area contributed by atoms with Gasteiger partial charge in [-0.25, -0.2) is 0 Å². The van der Waals surface area contributed by atoms with Crippen molar-refractivity contribution < 1.29 is 24.2 Å². The molecule has 1 saturated heterocycles. The number of unbranched alkanes of at least 4 members (excludes halogenated alkanes) is 1. The lowest BCUT2D eigenvalue weighted by Crippen LogP contribution is -2.31. The summed E-state index contributed by atoms with van der Waals surface area (Å²) in [4.78, 5) is 28.1. The molecule has 3 aromatic carbocycles. The summed E-state index contributed by atoms with van der Waals surface area (Å²) in [5, 5.41) is 11.3.